The number of nitrogens with one attached hydrogen (secondary N) is 1. The summed E-state index contributed by atoms with van der Waals surface area (Å²) in [7, 11) is 0. The molecule has 6 nitrogen and oxygen atoms in total. The van der Waals surface area contributed by atoms with E-state index in [4.69, 9.17) is 18.8 Å². The van der Waals surface area contributed by atoms with Crippen LogP contribution in [-0.2, 0) is 4.79 Å². The molecule has 0 bridgehead atoms. The summed E-state index contributed by atoms with van der Waals surface area (Å²) in [6.07, 6.45) is 0.869. The summed E-state index contributed by atoms with van der Waals surface area (Å²) in [5.41, 5.74) is 2.38. The first-order valence-electron chi connectivity index (χ1n) is 9.77. The van der Waals surface area contributed by atoms with Crippen LogP contribution in [0.1, 0.15) is 43.1 Å². The minimum absolute atomic E-state index is 0.125. The second-order valence-corrected chi connectivity index (χ2v) is 8.07. The quantitative estimate of drug-likeness (QED) is 0.567. The van der Waals surface area contributed by atoms with E-state index in [0.29, 0.717) is 28.6 Å². The minimum atomic E-state index is -0.893. The lowest BCUT2D eigenvalue weighted by atomic mass is 10.0. The van der Waals surface area contributed by atoms with Crippen molar-refractivity contribution in [1.29, 1.82) is 0 Å². The molecule has 1 N–H and O–H groups in total. The Bertz CT molecular complexity index is 1050. The number of thiocarbonyl (C=S) groups is 1. The summed E-state index contributed by atoms with van der Waals surface area (Å²) in [6.45, 7) is 15.3. The van der Waals surface area contributed by atoms with Crippen LogP contribution in [0.4, 0.5) is 17.1 Å². The Morgan fingerprint density at radius 1 is 1.17 bits per heavy atom. The van der Waals surface area contributed by atoms with Crippen molar-refractivity contribution in [3.05, 3.63) is 65.0 Å². The first-order valence-corrected chi connectivity index (χ1v) is 10.2. The molecule has 2 aromatic carbocycles. The van der Waals surface area contributed by atoms with Crippen LogP contribution in [0.3, 0.4) is 0 Å². The van der Waals surface area contributed by atoms with Gasteiger partial charge in [0.1, 0.15) is 5.54 Å². The Labute approximate surface area is 182 Å². The summed E-state index contributed by atoms with van der Waals surface area (Å²) >= 11 is 5.69. The van der Waals surface area contributed by atoms with Gasteiger partial charge in [-0.1, -0.05) is 13.0 Å². The van der Waals surface area contributed by atoms with Crippen molar-refractivity contribution >= 4 is 46.2 Å². The van der Waals surface area contributed by atoms with Gasteiger partial charge >= 0.3 is 0 Å². The van der Waals surface area contributed by atoms with E-state index in [2.05, 4.69) is 10.2 Å². The molecular weight excluding hydrogens is 396 g/mol. The molecule has 1 heterocycles. The van der Waals surface area contributed by atoms with Gasteiger partial charge in [-0.05, 0) is 81.4 Å². The normalized spacial score (nSPS) is 15.3. The highest BCUT2D eigenvalue weighted by atomic mass is 32.1. The van der Waals surface area contributed by atoms with E-state index in [1.807, 2.05) is 27.7 Å². The number of anilines is 2. The summed E-state index contributed by atoms with van der Waals surface area (Å²) < 4.78 is 0. The molecule has 2 amide bonds. The number of carbonyl (C=O) groups excluding carboxylic acids is 2. The van der Waals surface area contributed by atoms with Crippen LogP contribution in [0.2, 0.25) is 0 Å². The Balaban J connectivity index is 1.94. The zero-order chi connectivity index (χ0) is 22.1. The van der Waals surface area contributed by atoms with Crippen molar-refractivity contribution < 1.29 is 9.59 Å². The number of aryl methyl sites for hydroxylation is 1. The molecule has 0 atom stereocenters. The smallest absolute Gasteiger partial charge is 0.259 e. The number of hydrogen-bond acceptors (Lipinski definition) is 3. The highest BCUT2D eigenvalue weighted by Gasteiger charge is 2.50. The highest BCUT2D eigenvalue weighted by Crippen LogP contribution is 2.37. The maximum atomic E-state index is 13.3. The van der Waals surface area contributed by atoms with Gasteiger partial charge in [0.05, 0.1) is 6.57 Å². The van der Waals surface area contributed by atoms with Crippen LogP contribution in [0.5, 0.6) is 0 Å². The van der Waals surface area contributed by atoms with E-state index in [-0.39, 0.29) is 11.8 Å². The Morgan fingerprint density at radius 2 is 1.80 bits per heavy atom. The van der Waals surface area contributed by atoms with Gasteiger partial charge in [0, 0.05) is 23.5 Å². The van der Waals surface area contributed by atoms with Gasteiger partial charge < -0.3 is 10.2 Å². The molecule has 1 fully saturated rings. The summed E-state index contributed by atoms with van der Waals surface area (Å²) in [5.74, 6) is -0.271. The van der Waals surface area contributed by atoms with Crippen molar-refractivity contribution in [3.63, 3.8) is 0 Å². The average Bonchev–Trinajstić information content (AvgIpc) is 2.90. The van der Waals surface area contributed by atoms with Gasteiger partial charge in [-0.25, -0.2) is 4.85 Å². The van der Waals surface area contributed by atoms with Crippen LogP contribution in [-0.4, -0.2) is 29.0 Å². The van der Waals surface area contributed by atoms with E-state index < -0.39 is 5.54 Å². The van der Waals surface area contributed by atoms with Gasteiger partial charge in [-0.3, -0.25) is 14.5 Å². The number of rotatable bonds is 5. The third kappa shape index (κ3) is 3.66. The fourth-order valence-corrected chi connectivity index (χ4v) is 3.98. The predicted octanol–water partition coefficient (Wildman–Crippen LogP) is 4.60. The van der Waals surface area contributed by atoms with Gasteiger partial charge in [0.15, 0.2) is 10.8 Å². The van der Waals surface area contributed by atoms with Crippen molar-refractivity contribution in [2.75, 3.05) is 16.3 Å². The molecule has 0 aromatic heterocycles. The maximum Gasteiger partial charge on any atom is 0.259 e. The lowest BCUT2D eigenvalue weighted by molar-refractivity contribution is -0.120. The molecule has 1 saturated heterocycles. The van der Waals surface area contributed by atoms with Gasteiger partial charge in [-0.15, -0.1) is 0 Å². The van der Waals surface area contributed by atoms with Gasteiger partial charge in [0.2, 0.25) is 0 Å². The topological polar surface area (TPSA) is 57.0 Å². The molecule has 0 aliphatic carbocycles. The molecule has 0 saturated carbocycles. The Kier molecular flexibility index (Phi) is 5.90. The minimum Gasteiger partial charge on any atom is -0.352 e. The number of carbonyl (C=O) groups is 2. The molecule has 3 rings (SSSR count). The zero-order valence-electron chi connectivity index (χ0n) is 17.5. The standard InChI is InChI=1S/C23H24N4O2S/c1-6-13-25-20(28)16-7-9-17(10-8-16)27-22(30)26(21(29)23(27,3)4)18-11-12-19(24-5)15(2)14-18/h7-12,14H,6,13H2,1-4H3,(H,25,28). The third-order valence-corrected chi connectivity index (χ3v) is 5.52. The van der Waals surface area contributed by atoms with Gasteiger partial charge in [0.25, 0.3) is 11.8 Å². The molecule has 7 heteroatoms. The van der Waals surface area contributed by atoms with E-state index in [1.165, 1.54) is 4.90 Å². The lowest BCUT2D eigenvalue weighted by Crippen LogP contribution is -2.44. The first-order chi connectivity index (χ1) is 14.2. The molecule has 1 aliphatic heterocycles. The van der Waals surface area contributed by atoms with Crippen molar-refractivity contribution in [3.8, 4) is 0 Å². The van der Waals surface area contributed by atoms with Gasteiger partial charge in [-0.2, -0.15) is 0 Å². The SMILES string of the molecule is [C-]#[N+]c1ccc(N2C(=O)C(C)(C)N(c3ccc(C(=O)NCCC)cc3)C2=S)cc1C. The summed E-state index contributed by atoms with van der Waals surface area (Å²) in [4.78, 5) is 32.2. The fourth-order valence-electron chi connectivity index (χ4n) is 3.46. The first kappa shape index (κ1) is 21.5. The Hall–Kier alpha value is -3.24. The lowest BCUT2D eigenvalue weighted by Gasteiger charge is -2.29. The molecule has 0 radical (unpaired) electrons. The second kappa shape index (κ2) is 8.25. The largest absolute Gasteiger partial charge is 0.352 e. The summed E-state index contributed by atoms with van der Waals surface area (Å²) in [6, 6.07) is 12.3. The number of amides is 2. The number of nitrogens with zero attached hydrogens (tertiary/aromatic N) is 3. The van der Waals surface area contributed by atoms with Crippen molar-refractivity contribution in [1.82, 2.24) is 5.32 Å². The number of benzene rings is 2. The van der Waals surface area contributed by atoms with E-state index in [0.717, 1.165) is 17.7 Å². The molecule has 30 heavy (non-hydrogen) atoms. The third-order valence-electron chi connectivity index (χ3n) is 5.15. The molecular formula is C23H24N4O2S. The molecule has 0 unspecified atom stereocenters. The monoisotopic (exact) mass is 420 g/mol. The van der Waals surface area contributed by atoms with Crippen LogP contribution < -0.4 is 15.1 Å². The van der Waals surface area contributed by atoms with Crippen molar-refractivity contribution in [2.45, 2.75) is 39.7 Å². The molecule has 1 aliphatic rings. The van der Waals surface area contributed by atoms with Crippen LogP contribution in [0.25, 0.3) is 4.85 Å². The predicted molar refractivity (Wildman–Crippen MR) is 123 cm³/mol. The Morgan fingerprint density at radius 3 is 2.37 bits per heavy atom. The van der Waals surface area contributed by atoms with Crippen molar-refractivity contribution in [2.24, 2.45) is 0 Å². The van der Waals surface area contributed by atoms with E-state index in [1.54, 1.807) is 47.4 Å². The molecule has 154 valence electrons. The second-order valence-electron chi connectivity index (χ2n) is 7.70. The van der Waals surface area contributed by atoms with Crippen LogP contribution >= 0.6 is 12.2 Å². The van der Waals surface area contributed by atoms with E-state index in [9.17, 15) is 9.59 Å². The molecule has 0 spiro atoms. The van der Waals surface area contributed by atoms with Crippen LogP contribution in [0, 0.1) is 13.5 Å². The van der Waals surface area contributed by atoms with Crippen LogP contribution in [0.15, 0.2) is 42.5 Å². The summed E-state index contributed by atoms with van der Waals surface area (Å²) in [5, 5.41) is 3.22. The fraction of sp³-hybridized carbons (Fsp3) is 0.304. The highest BCUT2D eigenvalue weighted by molar-refractivity contribution is 7.81. The molecule has 2 aromatic rings. The average molecular weight is 421 g/mol. The van der Waals surface area contributed by atoms with E-state index >= 15 is 0 Å². The number of hydrogen-bond donors (Lipinski definition) is 1. The zero-order valence-corrected chi connectivity index (χ0v) is 18.3. The maximum absolute atomic E-state index is 13.3.